The number of benzene rings is 2. The van der Waals surface area contributed by atoms with Crippen molar-refractivity contribution in [3.8, 4) is 5.75 Å². The average molecular weight is 452 g/mol. The zero-order valence-corrected chi connectivity index (χ0v) is 20.7. The monoisotopic (exact) mass is 451 g/mol. The molecule has 5 heteroatoms. The number of anilines is 1. The normalized spacial score (nSPS) is 15.7. The summed E-state index contributed by atoms with van der Waals surface area (Å²) in [6.45, 7) is 11.7. The van der Waals surface area contributed by atoms with Crippen molar-refractivity contribution in [1.82, 2.24) is 4.90 Å². The van der Waals surface area contributed by atoms with Crippen molar-refractivity contribution in [2.75, 3.05) is 24.5 Å². The van der Waals surface area contributed by atoms with Crippen LogP contribution in [0, 0.1) is 11.8 Å². The van der Waals surface area contributed by atoms with Gasteiger partial charge in [-0.05, 0) is 60.9 Å². The molecule has 0 aromatic heterocycles. The highest BCUT2D eigenvalue weighted by Crippen LogP contribution is 2.27. The smallest absolute Gasteiger partial charge is 0.239 e. The summed E-state index contributed by atoms with van der Waals surface area (Å²) in [6.07, 6.45) is 3.09. The van der Waals surface area contributed by atoms with Crippen molar-refractivity contribution < 1.29 is 9.53 Å². The summed E-state index contributed by atoms with van der Waals surface area (Å²) in [5.41, 5.74) is 8.51. The molecule has 180 valence electrons. The SMILES string of the molecule is CC(C)CCN(c1ccc(OCc2ccccc2)cc1)C1CCN(C(=O)C(N)C(C)C)CC1. The molecule has 1 fully saturated rings. The molecule has 0 spiro atoms. The van der Waals surface area contributed by atoms with Crippen LogP contribution in [0.2, 0.25) is 0 Å². The van der Waals surface area contributed by atoms with Gasteiger partial charge in [-0.25, -0.2) is 0 Å². The molecule has 1 amide bonds. The Balaban J connectivity index is 1.63. The highest BCUT2D eigenvalue weighted by atomic mass is 16.5. The van der Waals surface area contributed by atoms with E-state index < -0.39 is 6.04 Å². The van der Waals surface area contributed by atoms with Crippen LogP contribution in [0.1, 0.15) is 52.5 Å². The number of hydrogen-bond donors (Lipinski definition) is 1. The van der Waals surface area contributed by atoms with Crippen LogP contribution in [-0.4, -0.2) is 42.5 Å². The fraction of sp³-hybridized carbons (Fsp3) is 0.536. The van der Waals surface area contributed by atoms with Crippen molar-refractivity contribution in [2.45, 2.75) is 65.6 Å². The van der Waals surface area contributed by atoms with E-state index in [4.69, 9.17) is 10.5 Å². The fourth-order valence-corrected chi connectivity index (χ4v) is 4.29. The molecule has 3 rings (SSSR count). The Morgan fingerprint density at radius 1 is 1.03 bits per heavy atom. The molecule has 1 saturated heterocycles. The Labute approximate surface area is 199 Å². The number of rotatable bonds is 10. The van der Waals surface area contributed by atoms with Gasteiger partial charge in [-0.15, -0.1) is 0 Å². The molecule has 2 aromatic carbocycles. The van der Waals surface area contributed by atoms with Gasteiger partial charge in [0, 0.05) is 31.4 Å². The van der Waals surface area contributed by atoms with Crippen LogP contribution in [0.5, 0.6) is 5.75 Å². The number of carbonyl (C=O) groups is 1. The van der Waals surface area contributed by atoms with Gasteiger partial charge in [-0.3, -0.25) is 4.79 Å². The Kier molecular flexibility index (Phi) is 9.19. The van der Waals surface area contributed by atoms with Crippen molar-refractivity contribution in [3.63, 3.8) is 0 Å². The molecule has 1 unspecified atom stereocenters. The standard InChI is InChI=1S/C28H41N3O2/c1-21(2)14-19-31(25-15-17-30(18-16-25)28(32)27(29)22(3)4)24-10-12-26(13-11-24)33-20-23-8-6-5-7-9-23/h5-13,21-22,25,27H,14-20,29H2,1-4H3. The van der Waals surface area contributed by atoms with Crippen molar-refractivity contribution in [2.24, 2.45) is 17.6 Å². The molecule has 1 atom stereocenters. The largest absolute Gasteiger partial charge is 0.489 e. The van der Waals surface area contributed by atoms with Gasteiger partial charge in [0.05, 0.1) is 6.04 Å². The number of amides is 1. The van der Waals surface area contributed by atoms with E-state index in [1.54, 1.807) is 0 Å². The summed E-state index contributed by atoms with van der Waals surface area (Å²) in [6, 6.07) is 18.7. The van der Waals surface area contributed by atoms with Crippen molar-refractivity contribution in [3.05, 3.63) is 60.2 Å². The average Bonchev–Trinajstić information content (AvgIpc) is 2.83. The summed E-state index contributed by atoms with van der Waals surface area (Å²) in [5.74, 6) is 1.79. The summed E-state index contributed by atoms with van der Waals surface area (Å²) in [5, 5.41) is 0. The highest BCUT2D eigenvalue weighted by molar-refractivity contribution is 5.82. The lowest BCUT2D eigenvalue weighted by Crippen LogP contribution is -2.52. The summed E-state index contributed by atoms with van der Waals surface area (Å²) in [7, 11) is 0. The van der Waals surface area contributed by atoms with Crippen LogP contribution in [0.4, 0.5) is 5.69 Å². The van der Waals surface area contributed by atoms with Gasteiger partial charge in [0.2, 0.25) is 5.91 Å². The van der Waals surface area contributed by atoms with Gasteiger partial charge in [0.15, 0.2) is 0 Å². The first-order valence-electron chi connectivity index (χ1n) is 12.4. The molecule has 0 aliphatic carbocycles. The third kappa shape index (κ3) is 7.23. The Morgan fingerprint density at radius 3 is 2.24 bits per heavy atom. The molecule has 2 aromatic rings. The third-order valence-corrected chi connectivity index (χ3v) is 6.58. The van der Waals surface area contributed by atoms with Gasteiger partial charge in [-0.2, -0.15) is 0 Å². The predicted octanol–water partition coefficient (Wildman–Crippen LogP) is 5.09. The van der Waals surface area contributed by atoms with Crippen molar-refractivity contribution >= 4 is 11.6 Å². The summed E-state index contributed by atoms with van der Waals surface area (Å²) >= 11 is 0. The number of nitrogens with two attached hydrogens (primary N) is 1. The van der Waals surface area contributed by atoms with Crippen LogP contribution < -0.4 is 15.4 Å². The molecule has 0 radical (unpaired) electrons. The van der Waals surface area contributed by atoms with E-state index in [1.165, 1.54) is 11.3 Å². The minimum absolute atomic E-state index is 0.0945. The van der Waals surface area contributed by atoms with E-state index in [-0.39, 0.29) is 11.8 Å². The highest BCUT2D eigenvalue weighted by Gasteiger charge is 2.30. The van der Waals surface area contributed by atoms with Gasteiger partial charge < -0.3 is 20.3 Å². The zero-order valence-electron chi connectivity index (χ0n) is 20.7. The van der Waals surface area contributed by atoms with Gasteiger partial charge >= 0.3 is 0 Å². The lowest BCUT2D eigenvalue weighted by Gasteiger charge is -2.41. The van der Waals surface area contributed by atoms with E-state index in [2.05, 4.69) is 55.1 Å². The van der Waals surface area contributed by atoms with E-state index in [0.29, 0.717) is 18.6 Å². The van der Waals surface area contributed by atoms with Gasteiger partial charge in [0.25, 0.3) is 0 Å². The van der Waals surface area contributed by atoms with Crippen LogP contribution in [0.3, 0.4) is 0 Å². The lowest BCUT2D eigenvalue weighted by atomic mass is 9.98. The maximum atomic E-state index is 12.7. The van der Waals surface area contributed by atoms with E-state index >= 15 is 0 Å². The van der Waals surface area contributed by atoms with E-state index in [1.807, 2.05) is 36.9 Å². The first-order chi connectivity index (χ1) is 15.8. The van der Waals surface area contributed by atoms with Crippen LogP contribution in [0.15, 0.2) is 54.6 Å². The third-order valence-electron chi connectivity index (χ3n) is 6.58. The first kappa shape index (κ1) is 25.1. The minimum Gasteiger partial charge on any atom is -0.489 e. The minimum atomic E-state index is -0.401. The molecular formula is C28H41N3O2. The molecule has 33 heavy (non-hydrogen) atoms. The van der Waals surface area contributed by atoms with Crippen LogP contribution in [0.25, 0.3) is 0 Å². The quantitative estimate of drug-likeness (QED) is 0.546. The molecule has 1 aliphatic heterocycles. The predicted molar refractivity (Wildman–Crippen MR) is 136 cm³/mol. The number of hydrogen-bond acceptors (Lipinski definition) is 4. The summed E-state index contributed by atoms with van der Waals surface area (Å²) < 4.78 is 5.98. The lowest BCUT2D eigenvalue weighted by molar-refractivity contribution is -0.134. The Morgan fingerprint density at radius 2 is 1.67 bits per heavy atom. The van der Waals surface area contributed by atoms with Crippen LogP contribution in [-0.2, 0) is 11.4 Å². The van der Waals surface area contributed by atoms with E-state index in [9.17, 15) is 4.79 Å². The molecule has 0 saturated carbocycles. The van der Waals surface area contributed by atoms with Gasteiger partial charge in [0.1, 0.15) is 12.4 Å². The summed E-state index contributed by atoms with van der Waals surface area (Å²) in [4.78, 5) is 17.2. The Hall–Kier alpha value is -2.53. The first-order valence-corrected chi connectivity index (χ1v) is 12.4. The maximum Gasteiger partial charge on any atom is 0.239 e. The van der Waals surface area contributed by atoms with E-state index in [0.717, 1.165) is 44.6 Å². The molecule has 5 nitrogen and oxygen atoms in total. The molecular weight excluding hydrogens is 410 g/mol. The number of piperidine rings is 1. The zero-order chi connectivity index (χ0) is 23.8. The maximum absolute atomic E-state index is 12.7. The van der Waals surface area contributed by atoms with Crippen molar-refractivity contribution in [1.29, 1.82) is 0 Å². The number of ether oxygens (including phenoxy) is 1. The number of likely N-dealkylation sites (tertiary alicyclic amines) is 1. The number of nitrogens with zero attached hydrogens (tertiary/aromatic N) is 2. The molecule has 0 bridgehead atoms. The molecule has 1 aliphatic rings. The Bertz CT molecular complexity index is 843. The molecule has 2 N–H and O–H groups in total. The second-order valence-electron chi connectivity index (χ2n) is 9.97. The van der Waals surface area contributed by atoms with Gasteiger partial charge in [-0.1, -0.05) is 58.0 Å². The second kappa shape index (κ2) is 12.1. The number of carbonyl (C=O) groups excluding carboxylic acids is 1. The van der Waals surface area contributed by atoms with Crippen LogP contribution >= 0.6 is 0 Å². The topological polar surface area (TPSA) is 58.8 Å². The fourth-order valence-electron chi connectivity index (χ4n) is 4.29. The second-order valence-corrected chi connectivity index (χ2v) is 9.97. The molecule has 1 heterocycles.